The van der Waals surface area contributed by atoms with Crippen molar-refractivity contribution in [2.24, 2.45) is 16.8 Å². The Balaban J connectivity index is 2.33. The highest BCUT2D eigenvalue weighted by atomic mass is 16.3. The van der Waals surface area contributed by atoms with Crippen LogP contribution in [0.4, 0.5) is 0 Å². The second-order valence-electron chi connectivity index (χ2n) is 6.85. The molecule has 1 aliphatic heterocycles. The monoisotopic (exact) mass is 326 g/mol. The quantitative estimate of drug-likeness (QED) is 0.425. The van der Waals surface area contributed by atoms with Gasteiger partial charge in [-0.25, -0.2) is 0 Å². The largest absolute Gasteiger partial charge is 0.396 e. The van der Waals surface area contributed by atoms with Gasteiger partial charge in [0.25, 0.3) is 0 Å². The predicted molar refractivity (Wildman–Crippen MR) is 98.9 cm³/mol. The Morgan fingerprint density at radius 2 is 1.96 bits per heavy atom. The number of guanidine groups is 1. The number of likely N-dealkylation sites (tertiary alicyclic amines) is 1. The van der Waals surface area contributed by atoms with Gasteiger partial charge >= 0.3 is 0 Å². The first-order valence-electron chi connectivity index (χ1n) is 9.51. The molecule has 0 aromatic heterocycles. The molecule has 23 heavy (non-hydrogen) atoms. The minimum absolute atomic E-state index is 0.264. The molecule has 1 unspecified atom stereocenters. The van der Waals surface area contributed by atoms with Crippen LogP contribution in [0.25, 0.3) is 0 Å². The molecular weight excluding hydrogens is 288 g/mol. The summed E-state index contributed by atoms with van der Waals surface area (Å²) in [7, 11) is 2.21. The summed E-state index contributed by atoms with van der Waals surface area (Å²) in [5, 5.41) is 16.0. The Hall–Kier alpha value is -0.810. The molecule has 0 amide bonds. The average molecular weight is 327 g/mol. The normalized spacial score (nSPS) is 18.9. The van der Waals surface area contributed by atoms with Gasteiger partial charge in [-0.3, -0.25) is 4.99 Å². The van der Waals surface area contributed by atoms with Gasteiger partial charge in [-0.05, 0) is 71.0 Å². The highest BCUT2D eigenvalue weighted by Crippen LogP contribution is 2.18. The summed E-state index contributed by atoms with van der Waals surface area (Å²) in [5.74, 6) is 2.28. The van der Waals surface area contributed by atoms with Crippen LogP contribution >= 0.6 is 0 Å². The van der Waals surface area contributed by atoms with Crippen LogP contribution in [0.5, 0.6) is 0 Å². The fourth-order valence-electron chi connectivity index (χ4n) is 3.23. The zero-order valence-electron chi connectivity index (χ0n) is 15.5. The van der Waals surface area contributed by atoms with Crippen LogP contribution in [0.3, 0.4) is 0 Å². The van der Waals surface area contributed by atoms with Crippen molar-refractivity contribution in [3.05, 3.63) is 0 Å². The summed E-state index contributed by atoms with van der Waals surface area (Å²) in [6.07, 6.45) is 7.01. The maximum atomic E-state index is 9.15. The van der Waals surface area contributed by atoms with E-state index in [1.807, 2.05) is 0 Å². The summed E-state index contributed by atoms with van der Waals surface area (Å²) in [5.41, 5.74) is 0. The molecule has 1 fully saturated rings. The molecule has 5 nitrogen and oxygen atoms in total. The average Bonchev–Trinajstić information content (AvgIpc) is 2.54. The lowest BCUT2D eigenvalue weighted by Gasteiger charge is -2.29. The molecule has 0 aromatic rings. The lowest BCUT2D eigenvalue weighted by Crippen LogP contribution is -2.39. The van der Waals surface area contributed by atoms with E-state index >= 15 is 0 Å². The number of piperidine rings is 1. The SMILES string of the molecule is CCCC(CCO)CN=C(NCC)NCCC1CCN(C)CC1. The van der Waals surface area contributed by atoms with E-state index in [0.717, 1.165) is 50.8 Å². The molecule has 3 N–H and O–H groups in total. The Kier molecular flexibility index (Phi) is 11.1. The van der Waals surface area contributed by atoms with E-state index in [0.29, 0.717) is 5.92 Å². The van der Waals surface area contributed by atoms with Crippen LogP contribution in [0.15, 0.2) is 4.99 Å². The molecule has 1 aliphatic rings. The Labute approximate surface area is 142 Å². The van der Waals surface area contributed by atoms with Crippen LogP contribution in [0.1, 0.15) is 52.4 Å². The fraction of sp³-hybridized carbons (Fsp3) is 0.944. The Morgan fingerprint density at radius 1 is 1.22 bits per heavy atom. The Morgan fingerprint density at radius 3 is 2.57 bits per heavy atom. The van der Waals surface area contributed by atoms with Crippen molar-refractivity contribution in [2.75, 3.05) is 46.4 Å². The van der Waals surface area contributed by atoms with E-state index < -0.39 is 0 Å². The third-order valence-corrected chi connectivity index (χ3v) is 4.77. The van der Waals surface area contributed by atoms with E-state index in [1.165, 1.54) is 32.4 Å². The Bertz CT molecular complexity index is 308. The molecule has 0 aromatic carbocycles. The predicted octanol–water partition coefficient (Wildman–Crippen LogP) is 2.07. The summed E-state index contributed by atoms with van der Waals surface area (Å²) >= 11 is 0. The lowest BCUT2D eigenvalue weighted by molar-refractivity contribution is 0.213. The van der Waals surface area contributed by atoms with Gasteiger partial charge in [-0.15, -0.1) is 0 Å². The topological polar surface area (TPSA) is 59.9 Å². The molecule has 1 atom stereocenters. The maximum Gasteiger partial charge on any atom is 0.191 e. The number of rotatable bonds is 10. The van der Waals surface area contributed by atoms with Crippen LogP contribution in [-0.2, 0) is 0 Å². The van der Waals surface area contributed by atoms with Crippen LogP contribution < -0.4 is 10.6 Å². The lowest BCUT2D eigenvalue weighted by atomic mass is 9.94. The first kappa shape index (κ1) is 20.2. The third kappa shape index (κ3) is 9.16. The van der Waals surface area contributed by atoms with Gasteiger partial charge in [0.2, 0.25) is 0 Å². The molecule has 1 saturated heterocycles. The van der Waals surface area contributed by atoms with E-state index in [9.17, 15) is 0 Å². The van der Waals surface area contributed by atoms with Gasteiger partial charge in [0.05, 0.1) is 0 Å². The summed E-state index contributed by atoms with van der Waals surface area (Å²) < 4.78 is 0. The van der Waals surface area contributed by atoms with Crippen molar-refractivity contribution in [3.8, 4) is 0 Å². The van der Waals surface area contributed by atoms with Crippen LogP contribution in [0.2, 0.25) is 0 Å². The van der Waals surface area contributed by atoms with Crippen molar-refractivity contribution in [1.29, 1.82) is 0 Å². The first-order valence-corrected chi connectivity index (χ1v) is 9.51. The van der Waals surface area contributed by atoms with Crippen LogP contribution in [0, 0.1) is 11.8 Å². The zero-order valence-corrected chi connectivity index (χ0v) is 15.5. The minimum atomic E-state index is 0.264. The van der Waals surface area contributed by atoms with Gasteiger partial charge in [-0.2, -0.15) is 0 Å². The molecular formula is C18H38N4O. The van der Waals surface area contributed by atoms with Crippen molar-refractivity contribution >= 4 is 5.96 Å². The molecule has 0 radical (unpaired) electrons. The number of nitrogens with one attached hydrogen (secondary N) is 2. The molecule has 1 rings (SSSR count). The molecule has 5 heteroatoms. The van der Waals surface area contributed by atoms with Gasteiger partial charge < -0.3 is 20.6 Å². The molecule has 0 bridgehead atoms. The third-order valence-electron chi connectivity index (χ3n) is 4.77. The van der Waals surface area contributed by atoms with Gasteiger partial charge in [-0.1, -0.05) is 13.3 Å². The van der Waals surface area contributed by atoms with E-state index in [1.54, 1.807) is 0 Å². The number of aliphatic hydroxyl groups excluding tert-OH is 1. The van der Waals surface area contributed by atoms with Crippen molar-refractivity contribution < 1.29 is 5.11 Å². The highest BCUT2D eigenvalue weighted by molar-refractivity contribution is 5.79. The molecule has 0 aliphatic carbocycles. The minimum Gasteiger partial charge on any atom is -0.396 e. The van der Waals surface area contributed by atoms with Crippen molar-refractivity contribution in [2.45, 2.75) is 52.4 Å². The number of aliphatic imine (C=N–C) groups is 1. The van der Waals surface area contributed by atoms with Crippen LogP contribution in [-0.4, -0.2) is 62.3 Å². The second-order valence-corrected chi connectivity index (χ2v) is 6.85. The molecule has 0 spiro atoms. The smallest absolute Gasteiger partial charge is 0.191 e. The molecule has 1 heterocycles. The van der Waals surface area contributed by atoms with Crippen molar-refractivity contribution in [3.63, 3.8) is 0 Å². The first-order chi connectivity index (χ1) is 11.2. The van der Waals surface area contributed by atoms with Gasteiger partial charge in [0, 0.05) is 26.2 Å². The standard InChI is InChI=1S/C18H38N4O/c1-4-6-17(10-14-23)15-21-18(19-5-2)20-11-7-16-8-12-22(3)13-9-16/h16-17,23H,4-15H2,1-3H3,(H2,19,20,21). The van der Waals surface area contributed by atoms with Crippen molar-refractivity contribution in [1.82, 2.24) is 15.5 Å². The fourth-order valence-corrected chi connectivity index (χ4v) is 3.23. The van der Waals surface area contributed by atoms with Gasteiger partial charge in [0.1, 0.15) is 0 Å². The zero-order chi connectivity index (χ0) is 16.9. The summed E-state index contributed by atoms with van der Waals surface area (Å²) in [4.78, 5) is 7.14. The highest BCUT2D eigenvalue weighted by Gasteiger charge is 2.16. The van der Waals surface area contributed by atoms with E-state index in [-0.39, 0.29) is 6.61 Å². The molecule has 136 valence electrons. The number of hydrogen-bond donors (Lipinski definition) is 3. The summed E-state index contributed by atoms with van der Waals surface area (Å²) in [6, 6.07) is 0. The van der Waals surface area contributed by atoms with Gasteiger partial charge in [0.15, 0.2) is 5.96 Å². The number of hydrogen-bond acceptors (Lipinski definition) is 3. The van der Waals surface area contributed by atoms with E-state index in [4.69, 9.17) is 10.1 Å². The number of nitrogens with zero attached hydrogens (tertiary/aromatic N) is 2. The second kappa shape index (κ2) is 12.6. The number of aliphatic hydroxyl groups is 1. The maximum absolute atomic E-state index is 9.15. The molecule has 0 saturated carbocycles. The summed E-state index contributed by atoms with van der Waals surface area (Å²) in [6.45, 7) is 9.72. The van der Waals surface area contributed by atoms with E-state index in [2.05, 4.69) is 36.4 Å².